The molecule has 0 bridgehead atoms. The number of phenols is 1. The van der Waals surface area contributed by atoms with Crippen molar-refractivity contribution < 1.29 is 159 Å². The Morgan fingerprint density at radius 2 is 0.562 bits per heavy atom. The van der Waals surface area contributed by atoms with E-state index < -0.39 is 83.6 Å². The van der Waals surface area contributed by atoms with Gasteiger partial charge in [-0.05, 0) is 222 Å². The maximum absolute atomic E-state index is 12.5. The van der Waals surface area contributed by atoms with Gasteiger partial charge in [0, 0.05) is 85.0 Å². The van der Waals surface area contributed by atoms with Gasteiger partial charge in [-0.15, -0.1) is 0 Å². The third-order valence-electron chi connectivity index (χ3n) is 17.2. The van der Waals surface area contributed by atoms with Crippen molar-refractivity contribution in [3.63, 3.8) is 0 Å². The molecular weight excluding hydrogens is 1850 g/mol. The third-order valence-corrected chi connectivity index (χ3v) is 17.9. The minimum absolute atomic E-state index is 0.00311. The number of esters is 11. The molecule has 10 aromatic rings. The second kappa shape index (κ2) is 58.1. The molecule has 0 saturated carbocycles. The number of hydrogen-bond acceptors (Lipinski definition) is 28. The number of benzene rings is 10. The average Bonchev–Trinajstić information content (AvgIpc) is 0.842. The summed E-state index contributed by atoms with van der Waals surface area (Å²) in [4.78, 5) is 183. The van der Waals surface area contributed by atoms with Crippen LogP contribution in [0.1, 0.15) is 130 Å². The molecule has 0 fully saturated rings. The molecule has 0 amide bonds. The van der Waals surface area contributed by atoms with Crippen molar-refractivity contribution in [2.45, 2.75) is 84.5 Å². The van der Waals surface area contributed by atoms with Crippen LogP contribution in [0, 0.1) is 0 Å². The number of aromatic hydroxyl groups is 1. The minimum Gasteiger partial charge on any atom is -0.504 e. The first-order chi connectivity index (χ1) is 65.4. The van der Waals surface area contributed by atoms with Gasteiger partial charge in [0.05, 0.1) is 33.5 Å². The highest BCUT2D eigenvalue weighted by atomic mass is 35.5. The van der Waals surface area contributed by atoms with Gasteiger partial charge in [0.25, 0.3) is 0 Å². The summed E-state index contributed by atoms with van der Waals surface area (Å²) in [5.41, 5.74) is 4.87. The Morgan fingerprint density at radius 1 is 0.270 bits per heavy atom. The zero-order valence-electron chi connectivity index (χ0n) is 73.3. The van der Waals surface area contributed by atoms with E-state index in [1.54, 1.807) is 133 Å². The Labute approximate surface area is 797 Å². The molecule has 0 aliphatic rings. The minimum atomic E-state index is -1.15. The van der Waals surface area contributed by atoms with Gasteiger partial charge in [-0.1, -0.05) is 138 Å². The Balaban J connectivity index is 0.000000265. The molecule has 710 valence electrons. The van der Waals surface area contributed by atoms with E-state index in [-0.39, 0.29) is 120 Å². The summed E-state index contributed by atoms with van der Waals surface area (Å²) in [5.74, 6) is -11.2. The van der Waals surface area contributed by atoms with E-state index in [2.05, 4.69) is 9.47 Å². The van der Waals surface area contributed by atoms with E-state index in [1.165, 1.54) is 149 Å². The van der Waals surface area contributed by atoms with Crippen molar-refractivity contribution >= 4 is 161 Å². The number of aliphatic carboxylic acids is 5. The zero-order chi connectivity index (χ0) is 100. The summed E-state index contributed by atoms with van der Waals surface area (Å²) in [6.07, 6.45) is 13.7. The van der Waals surface area contributed by atoms with Crippen molar-refractivity contribution in [2.75, 3.05) is 14.2 Å². The van der Waals surface area contributed by atoms with E-state index >= 15 is 0 Å². The van der Waals surface area contributed by atoms with Gasteiger partial charge in [-0.3, -0.25) is 43.2 Å². The number of carboxylic acids is 5. The van der Waals surface area contributed by atoms with Gasteiger partial charge in [-0.2, -0.15) is 0 Å². The molecule has 10 rings (SSSR count). The number of ether oxygens (including phenoxy) is 11. The summed E-state index contributed by atoms with van der Waals surface area (Å²) in [6.45, 7) is 2.45. The number of halogens is 3. The molecule has 137 heavy (non-hydrogen) atoms. The molecule has 0 atom stereocenters. The van der Waals surface area contributed by atoms with Crippen LogP contribution in [-0.2, 0) is 95.9 Å². The lowest BCUT2D eigenvalue weighted by Gasteiger charge is -2.12. The van der Waals surface area contributed by atoms with Crippen LogP contribution in [0.3, 0.4) is 0 Å². The average molecular weight is 1940 g/mol. The lowest BCUT2D eigenvalue weighted by molar-refractivity contribution is -0.141. The monoisotopic (exact) mass is 1930 g/mol. The molecule has 0 aliphatic heterocycles. The predicted octanol–water partition coefficient (Wildman–Crippen LogP) is 17.6. The molecule has 6 N–H and O–H groups in total. The van der Waals surface area contributed by atoms with Crippen molar-refractivity contribution in [3.8, 4) is 57.5 Å². The van der Waals surface area contributed by atoms with Gasteiger partial charge in [0.15, 0.2) is 34.5 Å². The summed E-state index contributed by atoms with van der Waals surface area (Å²) in [5, 5.41) is 54.8. The lowest BCUT2D eigenvalue weighted by Crippen LogP contribution is -2.15. The molecule has 0 heterocycles. The van der Waals surface area contributed by atoms with Gasteiger partial charge >= 0.3 is 95.5 Å². The lowest BCUT2D eigenvalue weighted by atomic mass is 10.1. The van der Waals surface area contributed by atoms with Crippen molar-refractivity contribution in [1.29, 1.82) is 0 Å². The number of carbonyl (C=O) groups excluding carboxylic acids is 11. The van der Waals surface area contributed by atoms with Gasteiger partial charge in [-0.25, -0.2) is 33.6 Å². The molecule has 0 saturated heterocycles. The standard InChI is InChI=1S/C25H18Cl2O6.C23H28O10.C18H14O7.C18H14O6.C17H13ClO4/c26-19-5-1-3-17(11-19)14-24(30)32-21-9-7-16(8-10-23(28)29)13-22(21)33-25(31)15-18-4-2-6-20(27)12-18;1-30-20(26)7-3-5-9-22(28)32-17-13-11-16(12-14-19(24)25)15-18(17)33-23(29)10-6-4-8-21(27)31-2;1-11(19)24-15-5-3-2-4-13(15)18(23)25-16-8-6-12(10-14(16)20)7-9-17(21)22;1-12(19)23-16-5-3-2-4-15(16)18(22)24-14-9-6-13(7-10-14)8-11-17(20)21;18-14-3-1-2-13(10-14)11-17(21)22-15-7-4-12(5-8-15)6-9-16(19)20/h1-13H,14-15H2,(H,28,29);11-15H,3-10H2,1-2H3,(H,24,25);2-10,20H,1H3,(H,21,22);2-11H,1H3,(H,20,21);1-10H,11H2,(H,19,20)/b10-8+;14-12+;9-7+;11-8+;9-6+. The largest absolute Gasteiger partial charge is 0.504 e. The van der Waals surface area contributed by atoms with E-state index in [4.69, 9.17) is 103 Å². The van der Waals surface area contributed by atoms with E-state index in [1.807, 2.05) is 0 Å². The first-order valence-corrected chi connectivity index (χ1v) is 41.8. The van der Waals surface area contributed by atoms with E-state index in [0.29, 0.717) is 85.4 Å². The fourth-order valence-corrected chi connectivity index (χ4v) is 11.7. The molecule has 0 radical (unpaired) electrons. The number of para-hydroxylation sites is 2. The number of hydrogen-bond donors (Lipinski definition) is 6. The van der Waals surface area contributed by atoms with Gasteiger partial charge in [0.1, 0.15) is 34.1 Å². The van der Waals surface area contributed by atoms with Crippen LogP contribution in [0.5, 0.6) is 57.5 Å². The zero-order valence-corrected chi connectivity index (χ0v) is 75.5. The molecule has 0 aliphatic carbocycles. The molecule has 0 spiro atoms. The molecule has 33 nitrogen and oxygen atoms in total. The maximum atomic E-state index is 12.5. The van der Waals surface area contributed by atoms with Crippen molar-refractivity contribution in [1.82, 2.24) is 0 Å². The first-order valence-electron chi connectivity index (χ1n) is 40.6. The maximum Gasteiger partial charge on any atom is 0.347 e. The fraction of sp³-hybridized carbons (Fsp3) is 0.149. The predicted molar refractivity (Wildman–Crippen MR) is 497 cm³/mol. The smallest absolute Gasteiger partial charge is 0.347 e. The summed E-state index contributed by atoms with van der Waals surface area (Å²) >= 11 is 17.8. The van der Waals surface area contributed by atoms with Gasteiger partial charge < -0.3 is 82.7 Å². The molecular formula is C101H87Cl3O33. The number of methoxy groups -OCH3 is 2. The number of carboxylic acid groups (broad SMARTS) is 5. The number of rotatable bonds is 37. The quantitative estimate of drug-likeness (QED) is 0.00911. The third kappa shape index (κ3) is 43.8. The topological polar surface area (TPSA) is 496 Å². The van der Waals surface area contributed by atoms with Crippen LogP contribution in [0.25, 0.3) is 30.4 Å². The van der Waals surface area contributed by atoms with Crippen LogP contribution in [0.2, 0.25) is 15.1 Å². The highest BCUT2D eigenvalue weighted by Crippen LogP contribution is 2.34. The summed E-state index contributed by atoms with van der Waals surface area (Å²) in [6, 6.07) is 58.4. The highest BCUT2D eigenvalue weighted by molar-refractivity contribution is 6.31. The summed E-state index contributed by atoms with van der Waals surface area (Å²) < 4.78 is 56.0. The fourth-order valence-electron chi connectivity index (χ4n) is 11.1. The van der Waals surface area contributed by atoms with Gasteiger partial charge in [0.2, 0.25) is 0 Å². The molecule has 10 aromatic carbocycles. The van der Waals surface area contributed by atoms with E-state index in [0.717, 1.165) is 35.9 Å². The normalized spacial score (nSPS) is 10.5. The SMILES string of the molecule is CC(=O)Oc1ccccc1C(=O)Oc1ccc(/C=C/C(=O)O)cc1.CC(=O)Oc1ccccc1C(=O)Oc1ccc(/C=C/C(=O)O)cc1O.COC(=O)CCCCC(=O)Oc1ccc(/C=C/C(=O)O)cc1OC(=O)CCCCC(=O)OC.O=C(O)/C=C/c1ccc(OC(=O)Cc2cccc(Cl)c2)c(OC(=O)Cc2cccc(Cl)c2)c1.O=C(O)/C=C/c1ccc(OC(=O)Cc2cccc(Cl)c2)cc1. The Hall–Kier alpha value is -16.9. The second-order valence-corrected chi connectivity index (χ2v) is 29.3. The Bertz CT molecular complexity index is 6150. The van der Waals surface area contributed by atoms with Crippen LogP contribution < -0.4 is 42.6 Å². The molecule has 0 aromatic heterocycles. The second-order valence-electron chi connectivity index (χ2n) is 28.0. The van der Waals surface area contributed by atoms with Crippen molar-refractivity contribution in [2.24, 2.45) is 0 Å². The van der Waals surface area contributed by atoms with Crippen LogP contribution in [0.4, 0.5) is 0 Å². The van der Waals surface area contributed by atoms with Crippen LogP contribution >= 0.6 is 34.8 Å². The Kier molecular flexibility index (Phi) is 46.1. The number of phenolic OH excluding ortho intramolecular Hbond substituents is 1. The van der Waals surface area contributed by atoms with Crippen LogP contribution in [-0.4, -0.2) is 140 Å². The first kappa shape index (κ1) is 109. The number of carbonyl (C=O) groups is 16. The number of unbranched alkanes of at least 4 members (excludes halogenated alkanes) is 2. The Morgan fingerprint density at radius 3 is 0.905 bits per heavy atom. The van der Waals surface area contributed by atoms with E-state index in [9.17, 15) is 81.8 Å². The molecule has 0 unspecified atom stereocenters. The van der Waals surface area contributed by atoms with Crippen molar-refractivity contribution in [3.05, 3.63) is 326 Å². The van der Waals surface area contributed by atoms with Crippen LogP contribution in [0.15, 0.2) is 255 Å². The molecule has 36 heteroatoms. The highest BCUT2D eigenvalue weighted by Gasteiger charge is 2.23. The summed E-state index contributed by atoms with van der Waals surface area (Å²) in [7, 11) is 2.57.